The van der Waals surface area contributed by atoms with Crippen molar-refractivity contribution in [1.29, 1.82) is 0 Å². The molecule has 0 saturated heterocycles. The van der Waals surface area contributed by atoms with E-state index in [1.165, 1.54) is 16.7 Å². The summed E-state index contributed by atoms with van der Waals surface area (Å²) in [6, 6.07) is 6.52. The molecular weight excluding hydrogens is 216 g/mol. The molecule has 0 bridgehead atoms. The zero-order chi connectivity index (χ0) is 11.5. The normalized spacial score (nSPS) is 12.7. The summed E-state index contributed by atoms with van der Waals surface area (Å²) in [5.41, 5.74) is 12.9. The van der Waals surface area contributed by atoms with Gasteiger partial charge in [0.25, 0.3) is 0 Å². The minimum atomic E-state index is 0.00774. The number of thiazole rings is 1. The minimum absolute atomic E-state index is 0.00774. The maximum Gasteiger partial charge on any atom is 0.0795 e. The molecule has 1 unspecified atom stereocenters. The van der Waals surface area contributed by atoms with Gasteiger partial charge in [-0.15, -0.1) is 11.3 Å². The van der Waals surface area contributed by atoms with Gasteiger partial charge in [-0.25, -0.2) is 4.98 Å². The van der Waals surface area contributed by atoms with Gasteiger partial charge in [-0.1, -0.05) is 18.2 Å². The molecule has 1 aromatic carbocycles. The molecule has 0 radical (unpaired) electrons. The summed E-state index contributed by atoms with van der Waals surface area (Å²) in [5, 5.41) is 2.02. The van der Waals surface area contributed by atoms with Crippen molar-refractivity contribution in [3.63, 3.8) is 0 Å². The second-order valence-electron chi connectivity index (χ2n) is 4.14. The Morgan fingerprint density at radius 2 is 2.12 bits per heavy atom. The molecule has 0 saturated carbocycles. The molecule has 2 aromatic rings. The second kappa shape index (κ2) is 4.76. The lowest BCUT2D eigenvalue weighted by atomic mass is 10.0. The Hall–Kier alpha value is -1.19. The Morgan fingerprint density at radius 3 is 2.75 bits per heavy atom. The van der Waals surface area contributed by atoms with Crippen LogP contribution in [0.25, 0.3) is 0 Å². The van der Waals surface area contributed by atoms with E-state index in [1.807, 2.05) is 10.9 Å². The van der Waals surface area contributed by atoms with Crippen LogP contribution in [0.1, 0.15) is 28.4 Å². The zero-order valence-electron chi connectivity index (χ0n) is 9.60. The van der Waals surface area contributed by atoms with E-state index in [1.54, 1.807) is 11.3 Å². The van der Waals surface area contributed by atoms with Crippen LogP contribution in [0.5, 0.6) is 0 Å². The molecule has 1 heterocycles. The number of rotatable bonds is 3. The van der Waals surface area contributed by atoms with Gasteiger partial charge < -0.3 is 5.73 Å². The first-order valence-electron chi connectivity index (χ1n) is 5.36. The Morgan fingerprint density at radius 1 is 1.31 bits per heavy atom. The summed E-state index contributed by atoms with van der Waals surface area (Å²) < 4.78 is 0. The maximum absolute atomic E-state index is 6.10. The summed E-state index contributed by atoms with van der Waals surface area (Å²) in [5.74, 6) is 0. The van der Waals surface area contributed by atoms with E-state index in [4.69, 9.17) is 5.73 Å². The fraction of sp³-hybridized carbons (Fsp3) is 0.308. The van der Waals surface area contributed by atoms with Gasteiger partial charge in [-0.2, -0.15) is 0 Å². The van der Waals surface area contributed by atoms with E-state index >= 15 is 0 Å². The molecule has 1 aromatic heterocycles. The summed E-state index contributed by atoms with van der Waals surface area (Å²) in [6.07, 6.45) is 0.852. The van der Waals surface area contributed by atoms with Gasteiger partial charge in [0.15, 0.2) is 0 Å². The monoisotopic (exact) mass is 232 g/mol. The fourth-order valence-electron chi connectivity index (χ4n) is 1.69. The molecular formula is C13H16N2S. The van der Waals surface area contributed by atoms with Crippen LogP contribution in [0, 0.1) is 13.8 Å². The molecule has 2 rings (SSSR count). The Kier molecular flexibility index (Phi) is 3.36. The average molecular weight is 232 g/mol. The number of hydrogen-bond acceptors (Lipinski definition) is 3. The topological polar surface area (TPSA) is 38.9 Å². The predicted octanol–water partition coefficient (Wildman–Crippen LogP) is 3.00. The molecule has 1 atom stereocenters. The lowest BCUT2D eigenvalue weighted by molar-refractivity contribution is 0.701. The van der Waals surface area contributed by atoms with Crippen molar-refractivity contribution in [1.82, 2.24) is 4.98 Å². The number of aryl methyl sites for hydroxylation is 2. The summed E-state index contributed by atoms with van der Waals surface area (Å²) in [6.45, 7) is 4.26. The van der Waals surface area contributed by atoms with Gasteiger partial charge in [0.05, 0.1) is 17.2 Å². The number of aromatic nitrogens is 1. The van der Waals surface area contributed by atoms with Crippen LogP contribution in [-0.2, 0) is 6.42 Å². The second-order valence-corrected chi connectivity index (χ2v) is 4.86. The van der Waals surface area contributed by atoms with Gasteiger partial charge >= 0.3 is 0 Å². The molecule has 0 fully saturated rings. The van der Waals surface area contributed by atoms with Crippen LogP contribution in [0.4, 0.5) is 0 Å². The molecule has 16 heavy (non-hydrogen) atoms. The molecule has 2 nitrogen and oxygen atoms in total. The number of nitrogens with zero attached hydrogens (tertiary/aromatic N) is 1. The highest BCUT2D eigenvalue weighted by Gasteiger charge is 2.09. The van der Waals surface area contributed by atoms with Crippen molar-refractivity contribution >= 4 is 11.3 Å². The Balaban J connectivity index is 2.12. The lowest BCUT2D eigenvalue weighted by Crippen LogP contribution is -2.13. The Bertz CT molecular complexity index is 463. The molecule has 0 aliphatic carbocycles. The highest BCUT2D eigenvalue weighted by atomic mass is 32.1. The third kappa shape index (κ3) is 2.49. The summed E-state index contributed by atoms with van der Waals surface area (Å²) in [4.78, 5) is 4.25. The molecule has 84 valence electrons. The van der Waals surface area contributed by atoms with Gasteiger partial charge in [0.2, 0.25) is 0 Å². The van der Waals surface area contributed by atoms with E-state index in [0.717, 1.165) is 12.1 Å². The Labute approximate surface area is 100 Å². The smallest absolute Gasteiger partial charge is 0.0795 e. The average Bonchev–Trinajstić information content (AvgIpc) is 2.77. The van der Waals surface area contributed by atoms with Crippen LogP contribution < -0.4 is 5.73 Å². The van der Waals surface area contributed by atoms with Crippen molar-refractivity contribution in [3.05, 3.63) is 51.5 Å². The van der Waals surface area contributed by atoms with Gasteiger partial charge in [0, 0.05) is 5.38 Å². The molecule has 2 N–H and O–H groups in total. The first-order chi connectivity index (χ1) is 7.66. The number of hydrogen-bond donors (Lipinski definition) is 1. The van der Waals surface area contributed by atoms with Crippen molar-refractivity contribution in [2.45, 2.75) is 26.3 Å². The van der Waals surface area contributed by atoms with Crippen LogP contribution in [0.3, 0.4) is 0 Å². The van der Waals surface area contributed by atoms with E-state index in [-0.39, 0.29) is 6.04 Å². The van der Waals surface area contributed by atoms with Crippen LogP contribution in [-0.4, -0.2) is 4.98 Å². The van der Waals surface area contributed by atoms with Crippen molar-refractivity contribution < 1.29 is 0 Å². The standard InChI is InChI=1S/C13H16N2S/c1-9-3-4-11(5-10(9)2)6-12(14)13-7-16-8-15-13/h3-5,7-8,12H,6,14H2,1-2H3. The number of nitrogens with two attached hydrogens (primary N) is 1. The third-order valence-electron chi connectivity index (χ3n) is 2.86. The molecule has 0 spiro atoms. The van der Waals surface area contributed by atoms with E-state index in [2.05, 4.69) is 37.0 Å². The van der Waals surface area contributed by atoms with Crippen molar-refractivity contribution in [3.8, 4) is 0 Å². The quantitative estimate of drug-likeness (QED) is 0.883. The fourth-order valence-corrected chi connectivity index (χ4v) is 2.31. The van der Waals surface area contributed by atoms with Crippen LogP contribution in [0.2, 0.25) is 0 Å². The lowest BCUT2D eigenvalue weighted by Gasteiger charge is -2.10. The molecule has 0 amide bonds. The zero-order valence-corrected chi connectivity index (χ0v) is 10.4. The highest BCUT2D eigenvalue weighted by Crippen LogP contribution is 2.18. The molecule has 0 aliphatic heterocycles. The largest absolute Gasteiger partial charge is 0.322 e. The predicted molar refractivity (Wildman–Crippen MR) is 68.7 cm³/mol. The van der Waals surface area contributed by atoms with Crippen molar-refractivity contribution in [2.24, 2.45) is 5.73 Å². The van der Waals surface area contributed by atoms with Crippen LogP contribution >= 0.6 is 11.3 Å². The highest BCUT2D eigenvalue weighted by molar-refractivity contribution is 7.07. The molecule has 0 aliphatic rings. The SMILES string of the molecule is Cc1ccc(CC(N)c2cscn2)cc1C. The van der Waals surface area contributed by atoms with Gasteiger partial charge in [-0.05, 0) is 37.0 Å². The first kappa shape index (κ1) is 11.3. The van der Waals surface area contributed by atoms with E-state index in [9.17, 15) is 0 Å². The molecule has 3 heteroatoms. The van der Waals surface area contributed by atoms with Gasteiger partial charge in [0.1, 0.15) is 0 Å². The van der Waals surface area contributed by atoms with E-state index < -0.39 is 0 Å². The number of benzene rings is 1. The minimum Gasteiger partial charge on any atom is -0.322 e. The van der Waals surface area contributed by atoms with Crippen molar-refractivity contribution in [2.75, 3.05) is 0 Å². The van der Waals surface area contributed by atoms with E-state index in [0.29, 0.717) is 0 Å². The summed E-state index contributed by atoms with van der Waals surface area (Å²) in [7, 11) is 0. The first-order valence-corrected chi connectivity index (χ1v) is 6.31. The summed E-state index contributed by atoms with van der Waals surface area (Å²) >= 11 is 1.59. The third-order valence-corrected chi connectivity index (χ3v) is 3.46. The maximum atomic E-state index is 6.10. The van der Waals surface area contributed by atoms with Gasteiger partial charge in [-0.3, -0.25) is 0 Å². The van der Waals surface area contributed by atoms with Crippen LogP contribution in [0.15, 0.2) is 29.1 Å².